The molecule has 20 heavy (non-hydrogen) atoms. The first-order chi connectivity index (χ1) is 9.38. The van der Waals surface area contributed by atoms with Crippen LogP contribution in [0.5, 0.6) is 0 Å². The maximum atomic E-state index is 13.2. The van der Waals surface area contributed by atoms with Crippen LogP contribution >= 0.6 is 23.4 Å². The van der Waals surface area contributed by atoms with Gasteiger partial charge in [0.1, 0.15) is 5.82 Å². The Kier molecular flexibility index (Phi) is 3.96. The van der Waals surface area contributed by atoms with Gasteiger partial charge in [0.15, 0.2) is 5.09 Å². The largest absolute Gasteiger partial charge is 0.475 e. The molecule has 0 saturated carbocycles. The summed E-state index contributed by atoms with van der Waals surface area (Å²) in [6.45, 7) is 0. The molecule has 6 nitrogen and oxygen atoms in total. The highest BCUT2D eigenvalue weighted by Crippen LogP contribution is 2.38. The number of halogens is 2. The SMILES string of the molecule is O=C(O)c1ccc(Sc2cc(Cl)c(F)cc2[N+](=O)[O-])o1. The van der Waals surface area contributed by atoms with Crippen LogP contribution in [0.3, 0.4) is 0 Å². The molecule has 1 aromatic carbocycles. The van der Waals surface area contributed by atoms with Crippen molar-refractivity contribution in [2.24, 2.45) is 0 Å². The third-order valence-electron chi connectivity index (χ3n) is 2.20. The van der Waals surface area contributed by atoms with Crippen LogP contribution in [0.4, 0.5) is 10.1 Å². The van der Waals surface area contributed by atoms with Crippen LogP contribution in [0.2, 0.25) is 5.02 Å². The van der Waals surface area contributed by atoms with Crippen molar-refractivity contribution in [3.63, 3.8) is 0 Å². The van der Waals surface area contributed by atoms with E-state index in [1.165, 1.54) is 12.1 Å². The molecular formula is C11H5ClFNO5S. The minimum atomic E-state index is -1.26. The minimum Gasteiger partial charge on any atom is -0.475 e. The highest BCUT2D eigenvalue weighted by atomic mass is 35.5. The number of rotatable bonds is 4. The summed E-state index contributed by atoms with van der Waals surface area (Å²) in [4.78, 5) is 20.8. The fourth-order valence-corrected chi connectivity index (χ4v) is 2.47. The Morgan fingerprint density at radius 2 is 2.15 bits per heavy atom. The maximum absolute atomic E-state index is 13.2. The van der Waals surface area contributed by atoms with Gasteiger partial charge in [0.25, 0.3) is 5.69 Å². The smallest absolute Gasteiger partial charge is 0.371 e. The molecule has 1 heterocycles. The van der Waals surface area contributed by atoms with Crippen LogP contribution in [0, 0.1) is 15.9 Å². The number of hydrogen-bond donors (Lipinski definition) is 1. The van der Waals surface area contributed by atoms with Gasteiger partial charge in [0, 0.05) is 0 Å². The van der Waals surface area contributed by atoms with Crippen LogP contribution in [-0.4, -0.2) is 16.0 Å². The molecule has 0 amide bonds. The molecule has 0 saturated heterocycles. The van der Waals surface area contributed by atoms with Gasteiger partial charge in [0.2, 0.25) is 5.76 Å². The van der Waals surface area contributed by atoms with E-state index in [-0.39, 0.29) is 20.8 Å². The molecule has 0 bridgehead atoms. The van der Waals surface area contributed by atoms with E-state index in [2.05, 4.69) is 0 Å². The average Bonchev–Trinajstić information content (AvgIpc) is 2.82. The third-order valence-corrected chi connectivity index (χ3v) is 3.46. The molecule has 0 aliphatic heterocycles. The molecule has 1 aromatic heterocycles. The van der Waals surface area contributed by atoms with Gasteiger partial charge in [-0.15, -0.1) is 0 Å². The van der Waals surface area contributed by atoms with Crippen molar-refractivity contribution < 1.29 is 23.6 Å². The number of carbonyl (C=O) groups is 1. The number of nitro groups is 1. The summed E-state index contributed by atoms with van der Waals surface area (Å²) in [7, 11) is 0. The summed E-state index contributed by atoms with van der Waals surface area (Å²) in [6.07, 6.45) is 0. The molecule has 0 fully saturated rings. The summed E-state index contributed by atoms with van der Waals surface area (Å²) in [5.74, 6) is -2.47. The normalized spacial score (nSPS) is 10.5. The number of nitrogens with zero attached hydrogens (tertiary/aromatic N) is 1. The van der Waals surface area contributed by atoms with Crippen molar-refractivity contribution in [3.8, 4) is 0 Å². The van der Waals surface area contributed by atoms with E-state index in [1.54, 1.807) is 0 Å². The zero-order chi connectivity index (χ0) is 14.9. The topological polar surface area (TPSA) is 93.6 Å². The van der Waals surface area contributed by atoms with Crippen molar-refractivity contribution in [1.82, 2.24) is 0 Å². The molecule has 104 valence electrons. The van der Waals surface area contributed by atoms with Gasteiger partial charge in [-0.1, -0.05) is 11.6 Å². The fraction of sp³-hybridized carbons (Fsp3) is 0. The number of benzene rings is 1. The first kappa shape index (κ1) is 14.4. The van der Waals surface area contributed by atoms with Gasteiger partial charge in [-0.3, -0.25) is 10.1 Å². The van der Waals surface area contributed by atoms with E-state index >= 15 is 0 Å². The zero-order valence-electron chi connectivity index (χ0n) is 9.50. The van der Waals surface area contributed by atoms with Crippen LogP contribution in [-0.2, 0) is 0 Å². The number of carboxylic acid groups (broad SMARTS) is 1. The minimum absolute atomic E-state index is 0.0488. The summed E-state index contributed by atoms with van der Waals surface area (Å²) in [5, 5.41) is 19.4. The van der Waals surface area contributed by atoms with Gasteiger partial charge >= 0.3 is 5.97 Å². The highest BCUT2D eigenvalue weighted by molar-refractivity contribution is 7.99. The molecule has 0 spiro atoms. The first-order valence-electron chi connectivity index (χ1n) is 5.03. The van der Waals surface area contributed by atoms with E-state index in [0.29, 0.717) is 6.07 Å². The molecule has 9 heteroatoms. The van der Waals surface area contributed by atoms with Crippen LogP contribution in [0.25, 0.3) is 0 Å². The zero-order valence-corrected chi connectivity index (χ0v) is 11.1. The number of hydrogen-bond acceptors (Lipinski definition) is 5. The molecular weight excluding hydrogens is 313 g/mol. The second-order valence-electron chi connectivity index (χ2n) is 3.52. The van der Waals surface area contributed by atoms with Crippen molar-refractivity contribution in [2.45, 2.75) is 9.99 Å². The first-order valence-corrected chi connectivity index (χ1v) is 6.22. The molecule has 1 N–H and O–H groups in total. The molecule has 0 aliphatic rings. The summed E-state index contributed by atoms with van der Waals surface area (Å²) < 4.78 is 18.2. The summed E-state index contributed by atoms with van der Waals surface area (Å²) in [6, 6.07) is 4.34. The Labute approximate surface area is 120 Å². The lowest BCUT2D eigenvalue weighted by atomic mass is 10.3. The van der Waals surface area contributed by atoms with Crippen molar-refractivity contribution in [2.75, 3.05) is 0 Å². The Bertz CT molecular complexity index is 702. The Hall–Kier alpha value is -2.06. The van der Waals surface area contributed by atoms with Crippen LogP contribution < -0.4 is 0 Å². The van der Waals surface area contributed by atoms with Crippen molar-refractivity contribution in [3.05, 3.63) is 51.0 Å². The van der Waals surface area contributed by atoms with Crippen molar-refractivity contribution in [1.29, 1.82) is 0 Å². The lowest BCUT2D eigenvalue weighted by Crippen LogP contribution is -1.93. The Balaban J connectivity index is 2.39. The molecule has 0 unspecified atom stereocenters. The van der Waals surface area contributed by atoms with Crippen LogP contribution in [0.15, 0.2) is 38.7 Å². The van der Waals surface area contributed by atoms with Gasteiger partial charge < -0.3 is 9.52 Å². The van der Waals surface area contributed by atoms with E-state index in [9.17, 15) is 19.3 Å². The lowest BCUT2D eigenvalue weighted by Gasteiger charge is -2.02. The Morgan fingerprint density at radius 3 is 2.70 bits per heavy atom. The number of aromatic carboxylic acids is 1. The number of furan rings is 1. The average molecular weight is 318 g/mol. The number of nitro benzene ring substituents is 1. The van der Waals surface area contributed by atoms with E-state index < -0.39 is 22.4 Å². The standard InChI is InChI=1S/C11H5ClFNO5S/c12-5-3-9(7(14(17)18)4-6(5)13)20-10-2-1-8(19-10)11(15)16/h1-4H,(H,15,16). The maximum Gasteiger partial charge on any atom is 0.371 e. The van der Waals surface area contributed by atoms with Crippen LogP contribution in [0.1, 0.15) is 10.6 Å². The van der Waals surface area contributed by atoms with E-state index in [4.69, 9.17) is 21.1 Å². The second kappa shape index (κ2) is 5.51. The summed E-state index contributed by atoms with van der Waals surface area (Å²) >= 11 is 6.36. The predicted molar refractivity (Wildman–Crippen MR) is 67.9 cm³/mol. The molecule has 2 aromatic rings. The summed E-state index contributed by atoms with van der Waals surface area (Å²) in [5.41, 5.74) is -0.481. The quantitative estimate of drug-likeness (QED) is 0.680. The van der Waals surface area contributed by atoms with E-state index in [1.807, 2.05) is 0 Å². The third kappa shape index (κ3) is 2.91. The molecule has 2 rings (SSSR count). The fourth-order valence-electron chi connectivity index (χ4n) is 1.34. The lowest BCUT2D eigenvalue weighted by molar-refractivity contribution is -0.387. The van der Waals surface area contributed by atoms with E-state index in [0.717, 1.165) is 17.8 Å². The van der Waals surface area contributed by atoms with Gasteiger partial charge in [-0.05, 0) is 30.0 Å². The van der Waals surface area contributed by atoms with Gasteiger partial charge in [0.05, 0.1) is 20.9 Å². The second-order valence-corrected chi connectivity index (χ2v) is 4.97. The molecule has 0 radical (unpaired) electrons. The van der Waals surface area contributed by atoms with Gasteiger partial charge in [-0.2, -0.15) is 0 Å². The molecule has 0 aliphatic carbocycles. The highest BCUT2D eigenvalue weighted by Gasteiger charge is 2.20. The van der Waals surface area contributed by atoms with Crippen molar-refractivity contribution >= 4 is 35.0 Å². The Morgan fingerprint density at radius 1 is 1.45 bits per heavy atom. The molecule has 0 atom stereocenters. The predicted octanol–water partition coefficient (Wildman–Crippen LogP) is 3.83. The monoisotopic (exact) mass is 317 g/mol. The number of carboxylic acids is 1. The van der Waals surface area contributed by atoms with Gasteiger partial charge in [-0.25, -0.2) is 9.18 Å².